The number of likely N-dealkylation sites (tertiary alicyclic amines) is 1. The summed E-state index contributed by atoms with van der Waals surface area (Å²) >= 11 is 0. The molecule has 1 amide bonds. The Morgan fingerprint density at radius 3 is 2.21 bits per heavy atom. The van der Waals surface area contributed by atoms with E-state index in [9.17, 15) is 22.4 Å². The zero-order valence-electron chi connectivity index (χ0n) is 17.1. The molecular weight excluding hydrogens is 389 g/mol. The van der Waals surface area contributed by atoms with Crippen LogP contribution in [0, 0.1) is 11.7 Å². The minimum atomic E-state index is -4.22. The van der Waals surface area contributed by atoms with E-state index in [4.69, 9.17) is 9.31 Å². The van der Waals surface area contributed by atoms with Gasteiger partial charge in [0.2, 0.25) is 5.91 Å². The van der Waals surface area contributed by atoms with Crippen LogP contribution in [0.15, 0.2) is 18.2 Å². The molecule has 29 heavy (non-hydrogen) atoms. The summed E-state index contributed by atoms with van der Waals surface area (Å²) in [6.07, 6.45) is -4.40. The average Bonchev–Trinajstić information content (AvgIpc) is 2.83. The molecule has 9 heteroatoms. The third-order valence-electron chi connectivity index (χ3n) is 6.23. The van der Waals surface area contributed by atoms with Gasteiger partial charge in [0.25, 0.3) is 0 Å². The zero-order valence-corrected chi connectivity index (χ0v) is 17.1. The van der Waals surface area contributed by atoms with E-state index in [-0.39, 0.29) is 43.7 Å². The van der Waals surface area contributed by atoms with Gasteiger partial charge in [0.1, 0.15) is 5.82 Å². The van der Waals surface area contributed by atoms with Crippen LogP contribution in [0.25, 0.3) is 0 Å². The molecule has 1 aromatic rings. The Hall–Kier alpha value is -1.61. The first kappa shape index (κ1) is 22.1. The number of halogens is 4. The molecule has 0 spiro atoms. The molecule has 1 aromatic carbocycles. The van der Waals surface area contributed by atoms with Gasteiger partial charge in [0.15, 0.2) is 0 Å². The highest BCUT2D eigenvalue weighted by Gasteiger charge is 2.52. The molecule has 160 valence electrons. The minimum absolute atomic E-state index is 0.0104. The van der Waals surface area contributed by atoms with Gasteiger partial charge in [0.05, 0.1) is 23.5 Å². The van der Waals surface area contributed by atoms with Crippen LogP contribution in [0.2, 0.25) is 0 Å². The van der Waals surface area contributed by atoms with E-state index in [1.807, 2.05) is 27.7 Å². The Kier molecular flexibility index (Phi) is 5.77. The van der Waals surface area contributed by atoms with Crippen LogP contribution >= 0.6 is 0 Å². The number of hydrogen-bond donors (Lipinski definition) is 0. The average molecular weight is 415 g/mol. The highest BCUT2D eigenvalue weighted by molar-refractivity contribution is 6.62. The topological polar surface area (TPSA) is 38.8 Å². The Morgan fingerprint density at radius 2 is 1.69 bits per heavy atom. The summed E-state index contributed by atoms with van der Waals surface area (Å²) in [5, 5.41) is 0. The lowest BCUT2D eigenvalue weighted by Crippen LogP contribution is -2.43. The van der Waals surface area contributed by atoms with Gasteiger partial charge in [-0.25, -0.2) is 4.39 Å². The van der Waals surface area contributed by atoms with Crippen LogP contribution in [0.5, 0.6) is 0 Å². The predicted octanol–water partition coefficient (Wildman–Crippen LogP) is 3.47. The van der Waals surface area contributed by atoms with Gasteiger partial charge in [0, 0.05) is 18.6 Å². The Balaban J connectivity index is 1.67. The van der Waals surface area contributed by atoms with Crippen molar-refractivity contribution in [3.8, 4) is 0 Å². The fourth-order valence-corrected chi connectivity index (χ4v) is 3.60. The van der Waals surface area contributed by atoms with E-state index in [1.54, 1.807) is 0 Å². The monoisotopic (exact) mass is 415 g/mol. The minimum Gasteiger partial charge on any atom is -0.399 e. The highest BCUT2D eigenvalue weighted by Crippen LogP contribution is 2.37. The quantitative estimate of drug-likeness (QED) is 0.561. The predicted molar refractivity (Wildman–Crippen MR) is 101 cm³/mol. The third kappa shape index (κ3) is 4.61. The first-order chi connectivity index (χ1) is 13.3. The molecule has 0 unspecified atom stereocenters. The van der Waals surface area contributed by atoms with Gasteiger partial charge in [-0.2, -0.15) is 13.2 Å². The maximum atomic E-state index is 14.4. The largest absolute Gasteiger partial charge is 0.497 e. The maximum Gasteiger partial charge on any atom is 0.497 e. The SMILES string of the molecule is CC1(C)OB(c2cc(CC(=O)N3CCC(C(F)(F)F)CC3)ccc2F)OC1(C)C. The fraction of sp³-hybridized carbons (Fsp3) is 0.650. The number of carbonyl (C=O) groups is 1. The first-order valence-corrected chi connectivity index (χ1v) is 9.78. The fourth-order valence-electron chi connectivity index (χ4n) is 3.60. The summed E-state index contributed by atoms with van der Waals surface area (Å²) < 4.78 is 64.6. The maximum absolute atomic E-state index is 14.4. The van der Waals surface area contributed by atoms with Crippen molar-refractivity contribution in [2.75, 3.05) is 13.1 Å². The first-order valence-electron chi connectivity index (χ1n) is 9.78. The van der Waals surface area contributed by atoms with Crippen molar-refractivity contribution in [3.05, 3.63) is 29.6 Å². The third-order valence-corrected chi connectivity index (χ3v) is 6.23. The van der Waals surface area contributed by atoms with E-state index >= 15 is 0 Å². The summed E-state index contributed by atoms with van der Waals surface area (Å²) in [5.41, 5.74) is -0.471. The van der Waals surface area contributed by atoms with Gasteiger partial charge in [-0.15, -0.1) is 0 Å². The lowest BCUT2D eigenvalue weighted by Gasteiger charge is -2.33. The molecule has 2 aliphatic rings. The van der Waals surface area contributed by atoms with Crippen LogP contribution < -0.4 is 5.46 Å². The van der Waals surface area contributed by atoms with Crippen LogP contribution in [-0.2, 0) is 20.5 Å². The second kappa shape index (κ2) is 7.58. The van der Waals surface area contributed by atoms with E-state index in [2.05, 4.69) is 0 Å². The summed E-state index contributed by atoms with van der Waals surface area (Å²) in [7, 11) is -0.891. The van der Waals surface area contributed by atoms with Crippen LogP contribution in [0.3, 0.4) is 0 Å². The van der Waals surface area contributed by atoms with Crippen molar-refractivity contribution in [2.24, 2.45) is 5.92 Å². The molecule has 2 fully saturated rings. The number of hydrogen-bond acceptors (Lipinski definition) is 3. The summed E-state index contributed by atoms with van der Waals surface area (Å²) in [4.78, 5) is 14.0. The normalized spacial score (nSPS) is 22.2. The van der Waals surface area contributed by atoms with Crippen molar-refractivity contribution in [2.45, 2.75) is 64.3 Å². The van der Waals surface area contributed by atoms with Gasteiger partial charge in [-0.1, -0.05) is 12.1 Å². The van der Waals surface area contributed by atoms with E-state index < -0.39 is 36.2 Å². The van der Waals surface area contributed by atoms with Crippen LogP contribution in [0.4, 0.5) is 17.6 Å². The molecule has 2 saturated heterocycles. The molecule has 0 aliphatic carbocycles. The zero-order chi connectivity index (χ0) is 21.6. The summed E-state index contributed by atoms with van der Waals surface area (Å²) in [5.74, 6) is -2.12. The van der Waals surface area contributed by atoms with Crippen molar-refractivity contribution in [1.29, 1.82) is 0 Å². The van der Waals surface area contributed by atoms with Gasteiger partial charge >= 0.3 is 13.3 Å². The Labute approximate surface area is 168 Å². The highest BCUT2D eigenvalue weighted by atomic mass is 19.4. The van der Waals surface area contributed by atoms with E-state index in [1.165, 1.54) is 23.1 Å². The molecule has 2 aliphatic heterocycles. The Morgan fingerprint density at radius 1 is 1.14 bits per heavy atom. The Bertz CT molecular complexity index is 757. The molecule has 0 radical (unpaired) electrons. The van der Waals surface area contributed by atoms with Gasteiger partial charge in [-0.05, 0) is 52.2 Å². The molecule has 3 rings (SSSR count). The smallest absolute Gasteiger partial charge is 0.399 e. The van der Waals surface area contributed by atoms with E-state index in [0.717, 1.165) is 0 Å². The van der Waals surface area contributed by atoms with Crippen molar-refractivity contribution in [3.63, 3.8) is 0 Å². The molecule has 0 atom stereocenters. The molecular formula is C20H26BF4NO3. The number of alkyl halides is 3. The van der Waals surface area contributed by atoms with Crippen LogP contribution in [0.1, 0.15) is 46.1 Å². The van der Waals surface area contributed by atoms with E-state index in [0.29, 0.717) is 5.56 Å². The molecule has 2 heterocycles. The van der Waals surface area contributed by atoms with Crippen molar-refractivity contribution < 1.29 is 31.7 Å². The summed E-state index contributed by atoms with van der Waals surface area (Å²) in [6.45, 7) is 7.61. The standard InChI is InChI=1S/C20H26BF4NO3/c1-18(2)19(3,4)29-21(28-18)15-11-13(5-6-16(15)22)12-17(27)26-9-7-14(8-10-26)20(23,24)25/h5-6,11,14H,7-10,12H2,1-4H3. The molecule has 4 nitrogen and oxygen atoms in total. The lowest BCUT2D eigenvalue weighted by molar-refractivity contribution is -0.186. The number of carbonyl (C=O) groups excluding carboxylic acids is 1. The summed E-state index contributed by atoms with van der Waals surface area (Å²) in [6, 6.07) is 4.31. The van der Waals surface area contributed by atoms with Crippen molar-refractivity contribution in [1.82, 2.24) is 4.90 Å². The number of piperidine rings is 1. The van der Waals surface area contributed by atoms with Crippen molar-refractivity contribution >= 4 is 18.5 Å². The second-order valence-corrected chi connectivity index (χ2v) is 8.82. The van der Waals surface area contributed by atoms with Gasteiger partial charge in [-0.3, -0.25) is 4.79 Å². The molecule has 0 aromatic heterocycles. The molecule has 0 bridgehead atoms. The molecule has 0 saturated carbocycles. The number of amides is 1. The number of rotatable bonds is 3. The van der Waals surface area contributed by atoms with Gasteiger partial charge < -0.3 is 14.2 Å². The number of nitrogens with zero attached hydrogens (tertiary/aromatic N) is 1. The van der Waals surface area contributed by atoms with Crippen LogP contribution in [-0.4, -0.2) is 48.4 Å². The number of benzene rings is 1. The second-order valence-electron chi connectivity index (χ2n) is 8.82. The lowest BCUT2D eigenvalue weighted by atomic mass is 9.77. The molecule has 0 N–H and O–H groups in total.